The molecule has 2 aliphatic rings. The van der Waals surface area contributed by atoms with E-state index in [1.165, 1.54) is 0 Å². The molecule has 218 valence electrons. The van der Waals surface area contributed by atoms with Crippen LogP contribution in [0, 0.1) is 11.3 Å². The molecule has 0 aromatic rings. The lowest BCUT2D eigenvalue weighted by Crippen LogP contribution is -2.91. The first-order valence-corrected chi connectivity index (χ1v) is 10.9. The quantitative estimate of drug-likeness (QED) is 0.300. The lowest BCUT2D eigenvalue weighted by atomic mass is 9.63. The summed E-state index contributed by atoms with van der Waals surface area (Å²) < 4.78 is 196. The Bertz CT molecular complexity index is 873. The van der Waals surface area contributed by atoms with E-state index >= 15 is 17.6 Å². The van der Waals surface area contributed by atoms with Gasteiger partial charge < -0.3 is 14.6 Å². The fourth-order valence-corrected chi connectivity index (χ4v) is 4.52. The maximum absolute atomic E-state index is 15.4. The standard InChI is InChI=1S/C20H23F13O4/c1-4-12(2,3)11(34)36-17(20(31,32)33)16(23,24)14(35,19(28,29)30)15(21,22)13(37-17,18(25,26)27)10-8-6-5-7-9-10/h10,35H,4-9H2,1-3H3. The van der Waals surface area contributed by atoms with Gasteiger partial charge in [-0.15, -0.1) is 0 Å². The van der Waals surface area contributed by atoms with Gasteiger partial charge in [0, 0.05) is 5.92 Å². The first kappa shape index (κ1) is 31.7. The maximum atomic E-state index is 15.4. The van der Waals surface area contributed by atoms with Gasteiger partial charge in [0.05, 0.1) is 5.41 Å². The summed E-state index contributed by atoms with van der Waals surface area (Å²) in [5.74, 6) is -26.6. The third-order valence-electron chi connectivity index (χ3n) is 7.15. The van der Waals surface area contributed by atoms with Crippen LogP contribution in [0.5, 0.6) is 0 Å². The molecule has 0 radical (unpaired) electrons. The van der Waals surface area contributed by atoms with E-state index in [1.54, 1.807) is 0 Å². The number of hydrogen-bond acceptors (Lipinski definition) is 4. The van der Waals surface area contributed by atoms with E-state index in [2.05, 4.69) is 9.47 Å². The van der Waals surface area contributed by atoms with E-state index in [-0.39, 0.29) is 6.42 Å². The highest BCUT2D eigenvalue weighted by Gasteiger charge is 3.02. The third kappa shape index (κ3) is 3.99. The van der Waals surface area contributed by atoms with Gasteiger partial charge in [0.1, 0.15) is 0 Å². The monoisotopic (exact) mass is 574 g/mol. The average molecular weight is 574 g/mol. The number of carbonyl (C=O) groups excluding carboxylic acids is 1. The van der Waals surface area contributed by atoms with E-state index in [0.29, 0.717) is 0 Å². The molecule has 0 spiro atoms. The maximum Gasteiger partial charge on any atom is 0.462 e. The Morgan fingerprint density at radius 3 is 1.65 bits per heavy atom. The van der Waals surface area contributed by atoms with Crippen molar-refractivity contribution in [1.82, 2.24) is 0 Å². The minimum absolute atomic E-state index is 0.0276. The number of aliphatic hydroxyl groups is 1. The van der Waals surface area contributed by atoms with Crippen LogP contribution in [0.15, 0.2) is 0 Å². The molecule has 0 aromatic carbocycles. The van der Waals surface area contributed by atoms with E-state index in [0.717, 1.165) is 20.8 Å². The summed E-state index contributed by atoms with van der Waals surface area (Å²) in [5, 5.41) is 9.87. The van der Waals surface area contributed by atoms with Crippen molar-refractivity contribution in [3.63, 3.8) is 0 Å². The molecule has 1 aliphatic carbocycles. The van der Waals surface area contributed by atoms with Crippen LogP contribution in [0.4, 0.5) is 57.1 Å². The predicted octanol–water partition coefficient (Wildman–Crippen LogP) is 6.70. The van der Waals surface area contributed by atoms with Crippen LogP contribution in [0.3, 0.4) is 0 Å². The lowest BCUT2D eigenvalue weighted by molar-refractivity contribution is -0.584. The first-order chi connectivity index (χ1) is 16.3. The Labute approximate surface area is 201 Å². The van der Waals surface area contributed by atoms with Crippen molar-refractivity contribution >= 4 is 5.97 Å². The van der Waals surface area contributed by atoms with E-state index in [4.69, 9.17) is 0 Å². The lowest BCUT2D eigenvalue weighted by Gasteiger charge is -2.62. The van der Waals surface area contributed by atoms with Gasteiger partial charge in [0.2, 0.25) is 5.60 Å². The molecule has 4 nitrogen and oxygen atoms in total. The molecule has 0 bridgehead atoms. The summed E-state index contributed by atoms with van der Waals surface area (Å²) in [6.07, 6.45) is -25.3. The summed E-state index contributed by atoms with van der Waals surface area (Å²) in [6.45, 7) is 2.55. The van der Waals surface area contributed by atoms with Crippen LogP contribution >= 0.6 is 0 Å². The second-order valence-corrected chi connectivity index (χ2v) is 9.77. The molecule has 0 aromatic heterocycles. The van der Waals surface area contributed by atoms with Crippen molar-refractivity contribution in [2.75, 3.05) is 0 Å². The Kier molecular flexibility index (Phi) is 7.49. The molecule has 1 saturated heterocycles. The fourth-order valence-electron chi connectivity index (χ4n) is 4.52. The third-order valence-corrected chi connectivity index (χ3v) is 7.15. The molecule has 1 saturated carbocycles. The highest BCUT2D eigenvalue weighted by Crippen LogP contribution is 2.71. The highest BCUT2D eigenvalue weighted by atomic mass is 19.4. The van der Waals surface area contributed by atoms with Gasteiger partial charge in [0.25, 0.3) is 5.60 Å². The minimum atomic E-state index is -7.53. The molecule has 17 heteroatoms. The van der Waals surface area contributed by atoms with Crippen LogP contribution < -0.4 is 0 Å². The number of ether oxygens (including phenoxy) is 2. The summed E-state index contributed by atoms with van der Waals surface area (Å²) in [7, 11) is 0. The molecule has 37 heavy (non-hydrogen) atoms. The van der Waals surface area contributed by atoms with Gasteiger partial charge >= 0.3 is 42.1 Å². The van der Waals surface area contributed by atoms with Crippen molar-refractivity contribution in [1.29, 1.82) is 0 Å². The van der Waals surface area contributed by atoms with Crippen molar-refractivity contribution in [2.24, 2.45) is 11.3 Å². The molecule has 0 amide bonds. The highest BCUT2D eigenvalue weighted by molar-refractivity contribution is 5.76. The van der Waals surface area contributed by atoms with Crippen LogP contribution in [0.25, 0.3) is 0 Å². The minimum Gasteiger partial charge on any atom is -0.417 e. The van der Waals surface area contributed by atoms with Crippen molar-refractivity contribution in [3.8, 4) is 0 Å². The molecule has 3 atom stereocenters. The first-order valence-electron chi connectivity index (χ1n) is 10.9. The summed E-state index contributed by atoms with van der Waals surface area (Å²) >= 11 is 0. The van der Waals surface area contributed by atoms with Crippen LogP contribution in [-0.4, -0.2) is 58.4 Å². The molecular formula is C20H23F13O4. The van der Waals surface area contributed by atoms with Gasteiger partial charge in [0.15, 0.2) is 0 Å². The SMILES string of the molecule is CCC(C)(C)C(=O)OC1(C(F)(F)F)OC(C2CCCCC2)(C(F)(F)F)C(F)(F)C(O)(C(F)(F)F)C1(F)F. The Morgan fingerprint density at radius 2 is 1.30 bits per heavy atom. The van der Waals surface area contributed by atoms with Gasteiger partial charge in [-0.05, 0) is 33.1 Å². The second-order valence-electron chi connectivity index (χ2n) is 9.77. The number of halogens is 13. The summed E-state index contributed by atoms with van der Waals surface area (Å²) in [4.78, 5) is 12.4. The molecule has 1 aliphatic heterocycles. The number of carbonyl (C=O) groups is 1. The van der Waals surface area contributed by atoms with Crippen molar-refractivity contribution < 1.29 is 76.5 Å². The molecular weight excluding hydrogens is 551 g/mol. The zero-order valence-corrected chi connectivity index (χ0v) is 19.4. The fraction of sp³-hybridized carbons (Fsp3) is 0.950. The van der Waals surface area contributed by atoms with Gasteiger partial charge in [-0.3, -0.25) is 4.79 Å². The van der Waals surface area contributed by atoms with Gasteiger partial charge in [-0.25, -0.2) is 0 Å². The predicted molar refractivity (Wildman–Crippen MR) is 96.3 cm³/mol. The molecule has 2 fully saturated rings. The smallest absolute Gasteiger partial charge is 0.417 e. The molecule has 1 heterocycles. The number of alkyl halides is 13. The normalized spacial score (nSPS) is 33.8. The van der Waals surface area contributed by atoms with E-state index in [1.807, 2.05) is 0 Å². The summed E-state index contributed by atoms with van der Waals surface area (Å²) in [6, 6.07) is 0. The number of esters is 1. The van der Waals surface area contributed by atoms with Crippen molar-refractivity contribution in [2.45, 2.75) is 107 Å². The van der Waals surface area contributed by atoms with E-state index < -0.39 is 96.8 Å². The largest absolute Gasteiger partial charge is 0.462 e. The molecule has 1 N–H and O–H groups in total. The Hall–Kier alpha value is -1.52. The molecule has 2 rings (SSSR count). The second kappa shape index (κ2) is 8.74. The topological polar surface area (TPSA) is 55.8 Å². The zero-order chi connectivity index (χ0) is 29.3. The summed E-state index contributed by atoms with van der Waals surface area (Å²) in [5.41, 5.74) is -15.6. The van der Waals surface area contributed by atoms with Crippen LogP contribution in [0.1, 0.15) is 59.3 Å². The van der Waals surface area contributed by atoms with Gasteiger partial charge in [-0.2, -0.15) is 57.1 Å². The van der Waals surface area contributed by atoms with Gasteiger partial charge in [-0.1, -0.05) is 26.2 Å². The van der Waals surface area contributed by atoms with E-state index in [9.17, 15) is 49.4 Å². The molecule has 3 unspecified atom stereocenters. The Balaban J connectivity index is 3.14. The number of hydrogen-bond donors (Lipinski definition) is 1. The van der Waals surface area contributed by atoms with Crippen LogP contribution in [-0.2, 0) is 14.3 Å². The Morgan fingerprint density at radius 1 is 0.838 bits per heavy atom. The zero-order valence-electron chi connectivity index (χ0n) is 19.4. The average Bonchev–Trinajstić information content (AvgIpc) is 2.72. The van der Waals surface area contributed by atoms with Crippen molar-refractivity contribution in [3.05, 3.63) is 0 Å². The van der Waals surface area contributed by atoms with Crippen LogP contribution in [0.2, 0.25) is 0 Å². The number of rotatable bonds is 4.